The maximum absolute atomic E-state index is 13.5. The lowest BCUT2D eigenvalue weighted by atomic mass is 10.1. The molecule has 1 heterocycles. The van der Waals surface area contributed by atoms with Gasteiger partial charge in [0.05, 0.1) is 0 Å². The number of aromatic nitrogens is 2. The Bertz CT molecular complexity index is 531. The van der Waals surface area contributed by atoms with E-state index in [0.717, 1.165) is 5.56 Å². The molecule has 2 aromatic rings. The van der Waals surface area contributed by atoms with Crippen molar-refractivity contribution in [2.75, 3.05) is 0 Å². The van der Waals surface area contributed by atoms with Gasteiger partial charge in [0.15, 0.2) is 5.82 Å². The van der Waals surface area contributed by atoms with Gasteiger partial charge in [0, 0.05) is 22.4 Å². The lowest BCUT2D eigenvalue weighted by Crippen LogP contribution is -2.07. The van der Waals surface area contributed by atoms with E-state index in [4.69, 9.17) is 0 Å². The summed E-state index contributed by atoms with van der Waals surface area (Å²) < 4.78 is 14.2. The quantitative estimate of drug-likeness (QED) is 0.927. The standard InChI is InChI=1S/C12H10BrFN2O/c1-7-5-15-12(16-6-7)11(17)9-4-8(13)2-3-10(9)14/h2-6,11,17H,1H3. The van der Waals surface area contributed by atoms with Crippen LogP contribution in [0.3, 0.4) is 0 Å². The van der Waals surface area contributed by atoms with E-state index in [2.05, 4.69) is 25.9 Å². The molecule has 0 saturated carbocycles. The average molecular weight is 297 g/mol. The molecule has 3 nitrogen and oxygen atoms in total. The van der Waals surface area contributed by atoms with E-state index in [1.165, 1.54) is 12.1 Å². The Kier molecular flexibility index (Phi) is 3.49. The van der Waals surface area contributed by atoms with Gasteiger partial charge >= 0.3 is 0 Å². The summed E-state index contributed by atoms with van der Waals surface area (Å²) in [5, 5.41) is 10.0. The minimum Gasteiger partial charge on any atom is -0.380 e. The molecule has 0 amide bonds. The third kappa shape index (κ3) is 2.68. The molecule has 1 aromatic carbocycles. The zero-order valence-electron chi connectivity index (χ0n) is 9.06. The monoisotopic (exact) mass is 296 g/mol. The first-order valence-corrected chi connectivity index (χ1v) is 5.79. The number of aliphatic hydroxyl groups excluding tert-OH is 1. The number of aliphatic hydroxyl groups is 1. The van der Waals surface area contributed by atoms with E-state index >= 15 is 0 Å². The highest BCUT2D eigenvalue weighted by Gasteiger charge is 2.17. The Balaban J connectivity index is 2.39. The Morgan fingerprint density at radius 1 is 1.29 bits per heavy atom. The second kappa shape index (κ2) is 4.89. The molecule has 17 heavy (non-hydrogen) atoms. The number of hydrogen-bond acceptors (Lipinski definition) is 3. The molecule has 1 N–H and O–H groups in total. The molecule has 0 spiro atoms. The summed E-state index contributed by atoms with van der Waals surface area (Å²) in [5.74, 6) is -0.294. The molecule has 0 aliphatic carbocycles. The summed E-state index contributed by atoms with van der Waals surface area (Å²) in [7, 11) is 0. The van der Waals surface area contributed by atoms with Gasteiger partial charge < -0.3 is 5.11 Å². The van der Waals surface area contributed by atoms with E-state index in [9.17, 15) is 9.50 Å². The molecule has 0 bridgehead atoms. The van der Waals surface area contributed by atoms with Gasteiger partial charge in [-0.3, -0.25) is 0 Å². The van der Waals surface area contributed by atoms with Gasteiger partial charge in [0.2, 0.25) is 0 Å². The lowest BCUT2D eigenvalue weighted by Gasteiger charge is -2.11. The maximum atomic E-state index is 13.5. The van der Waals surface area contributed by atoms with Crippen molar-refractivity contribution in [2.24, 2.45) is 0 Å². The predicted octanol–water partition coefficient (Wildman–Crippen LogP) is 2.77. The molecule has 0 fully saturated rings. The summed E-state index contributed by atoms with van der Waals surface area (Å²) >= 11 is 3.23. The second-order valence-electron chi connectivity index (χ2n) is 3.69. The Labute approximate surface area is 106 Å². The van der Waals surface area contributed by atoms with Crippen LogP contribution in [0.2, 0.25) is 0 Å². The maximum Gasteiger partial charge on any atom is 0.161 e. The predicted molar refractivity (Wildman–Crippen MR) is 64.9 cm³/mol. The Morgan fingerprint density at radius 3 is 2.59 bits per heavy atom. The molecular weight excluding hydrogens is 287 g/mol. The number of aryl methyl sites for hydroxylation is 1. The van der Waals surface area contributed by atoms with Crippen molar-refractivity contribution in [1.29, 1.82) is 0 Å². The molecule has 1 aromatic heterocycles. The minimum atomic E-state index is -1.16. The van der Waals surface area contributed by atoms with Crippen LogP contribution in [0, 0.1) is 12.7 Å². The highest BCUT2D eigenvalue weighted by molar-refractivity contribution is 9.10. The van der Waals surface area contributed by atoms with Gasteiger partial charge in [-0.15, -0.1) is 0 Å². The Morgan fingerprint density at radius 2 is 1.94 bits per heavy atom. The van der Waals surface area contributed by atoms with E-state index in [1.807, 2.05) is 6.92 Å². The van der Waals surface area contributed by atoms with Crippen molar-refractivity contribution in [2.45, 2.75) is 13.0 Å². The number of nitrogens with zero attached hydrogens (tertiary/aromatic N) is 2. The average Bonchev–Trinajstić information content (AvgIpc) is 2.32. The topological polar surface area (TPSA) is 46.0 Å². The Hall–Kier alpha value is -1.33. The fourth-order valence-electron chi connectivity index (χ4n) is 1.41. The molecule has 0 radical (unpaired) electrons. The summed E-state index contributed by atoms with van der Waals surface area (Å²) in [6, 6.07) is 4.38. The molecule has 2 rings (SSSR count). The fraction of sp³-hybridized carbons (Fsp3) is 0.167. The van der Waals surface area contributed by atoms with E-state index in [0.29, 0.717) is 4.47 Å². The largest absolute Gasteiger partial charge is 0.380 e. The SMILES string of the molecule is Cc1cnc(C(O)c2cc(Br)ccc2F)nc1. The third-order valence-corrected chi connectivity index (χ3v) is 2.79. The molecule has 1 unspecified atom stereocenters. The van der Waals surface area contributed by atoms with Crippen LogP contribution < -0.4 is 0 Å². The smallest absolute Gasteiger partial charge is 0.161 e. The van der Waals surface area contributed by atoms with Crippen LogP contribution in [0.5, 0.6) is 0 Å². The number of halogens is 2. The zero-order valence-corrected chi connectivity index (χ0v) is 10.6. The van der Waals surface area contributed by atoms with E-state index < -0.39 is 11.9 Å². The first-order valence-electron chi connectivity index (χ1n) is 4.99. The van der Waals surface area contributed by atoms with Crippen molar-refractivity contribution in [3.63, 3.8) is 0 Å². The molecule has 1 atom stereocenters. The van der Waals surface area contributed by atoms with Gasteiger partial charge in [-0.25, -0.2) is 14.4 Å². The molecule has 88 valence electrons. The van der Waals surface area contributed by atoms with Gasteiger partial charge in [-0.05, 0) is 30.7 Å². The zero-order chi connectivity index (χ0) is 12.4. The van der Waals surface area contributed by atoms with Gasteiger partial charge in [-0.2, -0.15) is 0 Å². The van der Waals surface area contributed by atoms with Crippen LogP contribution in [0.25, 0.3) is 0 Å². The number of benzene rings is 1. The van der Waals surface area contributed by atoms with Gasteiger partial charge in [0.25, 0.3) is 0 Å². The van der Waals surface area contributed by atoms with Gasteiger partial charge in [-0.1, -0.05) is 15.9 Å². The van der Waals surface area contributed by atoms with Crippen molar-refractivity contribution < 1.29 is 9.50 Å². The summed E-state index contributed by atoms with van der Waals surface area (Å²) in [6.07, 6.45) is 2.01. The van der Waals surface area contributed by atoms with E-state index in [-0.39, 0.29) is 11.4 Å². The fourth-order valence-corrected chi connectivity index (χ4v) is 1.79. The van der Waals surface area contributed by atoms with Crippen molar-refractivity contribution in [3.05, 3.63) is 57.8 Å². The molecule has 0 saturated heterocycles. The minimum absolute atomic E-state index is 0.156. The van der Waals surface area contributed by atoms with E-state index in [1.54, 1.807) is 18.5 Å². The normalized spacial score (nSPS) is 12.5. The number of rotatable bonds is 2. The molecular formula is C12H10BrFN2O. The highest BCUT2D eigenvalue weighted by Crippen LogP contribution is 2.24. The van der Waals surface area contributed by atoms with Crippen molar-refractivity contribution >= 4 is 15.9 Å². The molecule has 0 aliphatic heterocycles. The van der Waals surface area contributed by atoms with Crippen LogP contribution in [0.4, 0.5) is 4.39 Å². The van der Waals surface area contributed by atoms with Crippen molar-refractivity contribution in [1.82, 2.24) is 9.97 Å². The molecule has 0 aliphatic rings. The van der Waals surface area contributed by atoms with Gasteiger partial charge in [0.1, 0.15) is 11.9 Å². The van der Waals surface area contributed by atoms with Crippen LogP contribution in [-0.4, -0.2) is 15.1 Å². The highest BCUT2D eigenvalue weighted by atomic mass is 79.9. The molecule has 5 heteroatoms. The van der Waals surface area contributed by atoms with Crippen LogP contribution >= 0.6 is 15.9 Å². The van der Waals surface area contributed by atoms with Crippen LogP contribution in [0.1, 0.15) is 23.1 Å². The van der Waals surface area contributed by atoms with Crippen LogP contribution in [-0.2, 0) is 0 Å². The summed E-state index contributed by atoms with van der Waals surface area (Å²) in [5.41, 5.74) is 1.04. The first kappa shape index (κ1) is 12.1. The second-order valence-corrected chi connectivity index (χ2v) is 4.60. The first-order chi connectivity index (χ1) is 8.08. The summed E-state index contributed by atoms with van der Waals surface area (Å²) in [6.45, 7) is 1.84. The number of hydrogen-bond donors (Lipinski definition) is 1. The third-order valence-electron chi connectivity index (χ3n) is 2.30. The van der Waals surface area contributed by atoms with Crippen molar-refractivity contribution in [3.8, 4) is 0 Å². The lowest BCUT2D eigenvalue weighted by molar-refractivity contribution is 0.204. The van der Waals surface area contributed by atoms with Crippen LogP contribution in [0.15, 0.2) is 35.1 Å². The summed E-state index contributed by atoms with van der Waals surface area (Å²) in [4.78, 5) is 7.96.